The molecule has 2 atom stereocenters. The van der Waals surface area contributed by atoms with Crippen LogP contribution in [0.15, 0.2) is 0 Å². The first kappa shape index (κ1) is 9.63. The van der Waals surface area contributed by atoms with Crippen molar-refractivity contribution in [1.29, 1.82) is 0 Å². The predicted molar refractivity (Wildman–Crippen MR) is 42.7 cm³/mol. The number of hydrogen-bond donors (Lipinski definition) is 1. The van der Waals surface area contributed by atoms with Crippen LogP contribution in [0.25, 0.3) is 0 Å². The highest BCUT2D eigenvalue weighted by Gasteiger charge is 2.26. The topological polar surface area (TPSA) is 43.1 Å². The second-order valence-electron chi connectivity index (χ2n) is 3.14. The summed E-state index contributed by atoms with van der Waals surface area (Å²) in [5, 5.41) is 0. The minimum Gasteiger partial charge on any atom is -0.330 e. The second kappa shape index (κ2) is 3.71. The zero-order valence-corrected chi connectivity index (χ0v) is 7.05. The van der Waals surface area contributed by atoms with E-state index in [-0.39, 0.29) is 11.3 Å². The maximum absolute atomic E-state index is 10.4. The highest BCUT2D eigenvalue weighted by atomic mass is 16.1. The third-order valence-corrected chi connectivity index (χ3v) is 2.58. The van der Waals surface area contributed by atoms with Gasteiger partial charge in [-0.3, -0.25) is 0 Å². The van der Waals surface area contributed by atoms with Gasteiger partial charge in [0, 0.05) is 5.92 Å². The van der Waals surface area contributed by atoms with Crippen LogP contribution in [0.5, 0.6) is 0 Å². The van der Waals surface area contributed by atoms with Crippen LogP contribution in [0.2, 0.25) is 0 Å². The van der Waals surface area contributed by atoms with Gasteiger partial charge >= 0.3 is 0 Å². The summed E-state index contributed by atoms with van der Waals surface area (Å²) in [4.78, 5) is 10.4. The summed E-state index contributed by atoms with van der Waals surface area (Å²) >= 11 is 0. The van der Waals surface area contributed by atoms with Crippen molar-refractivity contribution in [1.82, 2.24) is 0 Å². The Balaban J connectivity index is 4.15. The molecule has 0 fully saturated rings. The zero-order valence-electron chi connectivity index (χ0n) is 7.05. The van der Waals surface area contributed by atoms with Gasteiger partial charge in [0.1, 0.15) is 6.29 Å². The summed E-state index contributed by atoms with van der Waals surface area (Å²) < 4.78 is 0. The minimum atomic E-state index is 0.00174. The van der Waals surface area contributed by atoms with Gasteiger partial charge in [-0.05, 0) is 18.4 Å². The predicted octanol–water partition coefficient (Wildman–Crippen LogP) is 1.20. The molecule has 0 aromatic heterocycles. The lowest BCUT2D eigenvalue weighted by Crippen LogP contribution is -2.33. The molecule has 0 aromatic rings. The first-order valence-electron chi connectivity index (χ1n) is 3.76. The van der Waals surface area contributed by atoms with Crippen LogP contribution in [0.4, 0.5) is 0 Å². The van der Waals surface area contributed by atoms with Gasteiger partial charge in [0.2, 0.25) is 0 Å². The van der Waals surface area contributed by atoms with Gasteiger partial charge in [-0.2, -0.15) is 0 Å². The summed E-state index contributed by atoms with van der Waals surface area (Å²) in [6.45, 7) is 6.62. The maximum Gasteiger partial charge on any atom is 0.123 e. The molecule has 0 aliphatic heterocycles. The normalized spacial score (nSPS) is 19.6. The Labute approximate surface area is 62.8 Å². The van der Waals surface area contributed by atoms with E-state index in [2.05, 4.69) is 6.92 Å². The van der Waals surface area contributed by atoms with Crippen LogP contribution in [0.1, 0.15) is 27.2 Å². The van der Waals surface area contributed by atoms with Gasteiger partial charge in [0.25, 0.3) is 0 Å². The van der Waals surface area contributed by atoms with Crippen LogP contribution in [-0.4, -0.2) is 12.8 Å². The van der Waals surface area contributed by atoms with E-state index in [0.29, 0.717) is 6.54 Å². The fourth-order valence-corrected chi connectivity index (χ4v) is 0.816. The number of nitrogens with two attached hydrogens (primary N) is 1. The molecule has 2 unspecified atom stereocenters. The van der Waals surface area contributed by atoms with Crippen LogP contribution in [0.3, 0.4) is 0 Å². The molecule has 0 saturated carbocycles. The Kier molecular flexibility index (Phi) is 3.58. The lowest BCUT2D eigenvalue weighted by atomic mass is 9.77. The number of aldehydes is 1. The quantitative estimate of drug-likeness (QED) is 0.601. The second-order valence-corrected chi connectivity index (χ2v) is 3.14. The van der Waals surface area contributed by atoms with E-state index in [9.17, 15) is 4.79 Å². The Morgan fingerprint density at radius 1 is 1.70 bits per heavy atom. The lowest BCUT2D eigenvalue weighted by Gasteiger charge is -2.29. The van der Waals surface area contributed by atoms with Crippen molar-refractivity contribution in [2.24, 2.45) is 17.1 Å². The molecule has 0 rings (SSSR count). The smallest absolute Gasteiger partial charge is 0.123 e. The lowest BCUT2D eigenvalue weighted by molar-refractivity contribution is -0.113. The molecule has 0 spiro atoms. The van der Waals surface area contributed by atoms with E-state index in [1.54, 1.807) is 0 Å². The van der Waals surface area contributed by atoms with Crippen LogP contribution >= 0.6 is 0 Å². The van der Waals surface area contributed by atoms with Crippen molar-refractivity contribution in [2.75, 3.05) is 6.54 Å². The van der Waals surface area contributed by atoms with Gasteiger partial charge < -0.3 is 10.5 Å². The Morgan fingerprint density at radius 3 is 2.30 bits per heavy atom. The molecule has 2 heteroatoms. The fourth-order valence-electron chi connectivity index (χ4n) is 0.816. The zero-order chi connectivity index (χ0) is 8.20. The van der Waals surface area contributed by atoms with E-state index < -0.39 is 0 Å². The van der Waals surface area contributed by atoms with Gasteiger partial charge in [0.15, 0.2) is 0 Å². The monoisotopic (exact) mass is 143 g/mol. The molecular formula is C8H17NO. The van der Waals surface area contributed by atoms with Crippen molar-refractivity contribution < 1.29 is 4.79 Å². The van der Waals surface area contributed by atoms with Crippen molar-refractivity contribution in [3.05, 3.63) is 0 Å². The number of hydrogen-bond acceptors (Lipinski definition) is 2. The van der Waals surface area contributed by atoms with Crippen molar-refractivity contribution >= 4 is 6.29 Å². The van der Waals surface area contributed by atoms with Crippen molar-refractivity contribution in [3.8, 4) is 0 Å². The average Bonchev–Trinajstić information content (AvgIpc) is 2.01. The van der Waals surface area contributed by atoms with Gasteiger partial charge in [0.05, 0.1) is 0 Å². The first-order chi connectivity index (χ1) is 4.60. The van der Waals surface area contributed by atoms with Crippen molar-refractivity contribution in [3.63, 3.8) is 0 Å². The third-order valence-electron chi connectivity index (χ3n) is 2.58. The van der Waals surface area contributed by atoms with Crippen LogP contribution < -0.4 is 5.73 Å². The number of rotatable bonds is 4. The molecule has 0 amide bonds. The number of carbonyl (C=O) groups is 1. The molecule has 10 heavy (non-hydrogen) atoms. The summed E-state index contributed by atoms with van der Waals surface area (Å²) in [5.74, 6) is 0.0718. The Bertz CT molecular complexity index is 108. The summed E-state index contributed by atoms with van der Waals surface area (Å²) in [6.07, 6.45) is 1.94. The highest BCUT2D eigenvalue weighted by Crippen LogP contribution is 2.27. The van der Waals surface area contributed by atoms with E-state index in [0.717, 1.165) is 12.7 Å². The minimum absolute atomic E-state index is 0.00174. The molecular weight excluding hydrogens is 126 g/mol. The van der Waals surface area contributed by atoms with Crippen LogP contribution in [-0.2, 0) is 4.79 Å². The standard InChI is InChI=1S/C8H17NO/c1-4-8(3,6-9)7(2)5-10/h5,7H,4,6,9H2,1-3H3. The molecule has 0 bridgehead atoms. The molecule has 2 nitrogen and oxygen atoms in total. The van der Waals surface area contributed by atoms with Crippen LogP contribution in [0, 0.1) is 11.3 Å². The first-order valence-corrected chi connectivity index (χ1v) is 3.76. The van der Waals surface area contributed by atoms with Gasteiger partial charge in [-0.15, -0.1) is 0 Å². The van der Waals surface area contributed by atoms with Crippen molar-refractivity contribution in [2.45, 2.75) is 27.2 Å². The van der Waals surface area contributed by atoms with Gasteiger partial charge in [-0.1, -0.05) is 20.8 Å². The summed E-state index contributed by atoms with van der Waals surface area (Å²) in [7, 11) is 0. The highest BCUT2D eigenvalue weighted by molar-refractivity contribution is 5.54. The largest absolute Gasteiger partial charge is 0.330 e. The molecule has 2 N–H and O–H groups in total. The molecule has 0 saturated heterocycles. The van der Waals surface area contributed by atoms with Gasteiger partial charge in [-0.25, -0.2) is 0 Å². The fraction of sp³-hybridized carbons (Fsp3) is 0.875. The molecule has 60 valence electrons. The van der Waals surface area contributed by atoms with E-state index in [1.807, 2.05) is 13.8 Å². The molecule has 0 aliphatic carbocycles. The Hall–Kier alpha value is -0.370. The Morgan fingerprint density at radius 2 is 2.20 bits per heavy atom. The molecule has 0 radical (unpaired) electrons. The van der Waals surface area contributed by atoms with E-state index >= 15 is 0 Å². The summed E-state index contributed by atoms with van der Waals surface area (Å²) in [6, 6.07) is 0. The average molecular weight is 143 g/mol. The van der Waals surface area contributed by atoms with E-state index in [4.69, 9.17) is 5.73 Å². The number of carbonyl (C=O) groups excluding carboxylic acids is 1. The SMILES string of the molecule is CCC(C)(CN)C(C)C=O. The molecule has 0 heterocycles. The summed E-state index contributed by atoms with van der Waals surface area (Å²) in [5.41, 5.74) is 5.54. The third kappa shape index (κ3) is 1.81. The molecule has 0 aromatic carbocycles. The maximum atomic E-state index is 10.4. The van der Waals surface area contributed by atoms with E-state index in [1.165, 1.54) is 0 Å². The molecule has 0 aliphatic rings.